The molecule has 0 saturated carbocycles. The molecule has 7 heteroatoms. The van der Waals surface area contributed by atoms with Crippen molar-refractivity contribution in [3.63, 3.8) is 0 Å². The highest BCUT2D eigenvalue weighted by atomic mass is 19.2. The number of aromatic nitrogens is 1. The lowest BCUT2D eigenvalue weighted by atomic mass is 9.94. The summed E-state index contributed by atoms with van der Waals surface area (Å²) < 4.78 is 27.4. The number of hydrogen-bond donors (Lipinski definition) is 2. The Morgan fingerprint density at radius 3 is 2.52 bits per heavy atom. The largest absolute Gasteiger partial charge is 0.338 e. The Morgan fingerprint density at radius 2 is 1.79 bits per heavy atom. The van der Waals surface area contributed by atoms with Crippen molar-refractivity contribution in [3.8, 4) is 0 Å². The van der Waals surface area contributed by atoms with Crippen molar-refractivity contribution >= 4 is 16.7 Å². The van der Waals surface area contributed by atoms with Crippen molar-refractivity contribution in [2.75, 3.05) is 7.05 Å². The molecule has 0 bridgehead atoms. The van der Waals surface area contributed by atoms with Crippen LogP contribution < -0.4 is 10.9 Å². The Balaban J connectivity index is 1.64. The highest BCUT2D eigenvalue weighted by Crippen LogP contribution is 2.28. The molecule has 2 heterocycles. The van der Waals surface area contributed by atoms with E-state index in [2.05, 4.69) is 10.3 Å². The number of nitrogens with one attached hydrogen (secondary N) is 2. The molecule has 0 saturated heterocycles. The molecule has 1 aliphatic heterocycles. The quantitative estimate of drug-likeness (QED) is 0.714. The molecule has 150 valence electrons. The van der Waals surface area contributed by atoms with Gasteiger partial charge in [-0.3, -0.25) is 9.59 Å². The molecule has 2 aromatic carbocycles. The molecule has 1 unspecified atom stereocenters. The van der Waals surface area contributed by atoms with Crippen LogP contribution in [0.3, 0.4) is 0 Å². The van der Waals surface area contributed by atoms with Crippen molar-refractivity contribution < 1.29 is 13.6 Å². The zero-order chi connectivity index (χ0) is 20.7. The van der Waals surface area contributed by atoms with E-state index in [1.54, 1.807) is 18.9 Å². The molecular formula is C22H21F2N3O2. The number of hydrogen-bond acceptors (Lipinski definition) is 3. The fourth-order valence-corrected chi connectivity index (χ4v) is 3.89. The van der Waals surface area contributed by atoms with Crippen LogP contribution in [0.15, 0.2) is 47.4 Å². The summed E-state index contributed by atoms with van der Waals surface area (Å²) in [5.41, 5.74) is 2.36. The van der Waals surface area contributed by atoms with Crippen LogP contribution in [-0.2, 0) is 17.8 Å². The van der Waals surface area contributed by atoms with Gasteiger partial charge in [0, 0.05) is 19.8 Å². The summed E-state index contributed by atoms with van der Waals surface area (Å²) in [6.45, 7) is 2.41. The third-order valence-corrected chi connectivity index (χ3v) is 5.73. The van der Waals surface area contributed by atoms with Crippen LogP contribution in [0.5, 0.6) is 0 Å². The second-order valence-electron chi connectivity index (χ2n) is 7.42. The van der Waals surface area contributed by atoms with Gasteiger partial charge in [0.25, 0.3) is 5.56 Å². The van der Waals surface area contributed by atoms with E-state index in [1.807, 2.05) is 24.3 Å². The SMILES string of the molecule is CC(c1c[nH]c(=O)c2cc(F)c(F)cc12)N(C)C(=O)[C@H]1Cc2ccccc2CN1. The van der Waals surface area contributed by atoms with Gasteiger partial charge in [-0.2, -0.15) is 0 Å². The number of carbonyl (C=O) groups excluding carboxylic acids is 1. The fourth-order valence-electron chi connectivity index (χ4n) is 3.89. The maximum absolute atomic E-state index is 13.8. The van der Waals surface area contributed by atoms with E-state index in [0.717, 1.165) is 17.7 Å². The number of rotatable bonds is 3. The monoisotopic (exact) mass is 397 g/mol. The molecule has 2 atom stereocenters. The molecule has 1 amide bonds. The van der Waals surface area contributed by atoms with Gasteiger partial charge < -0.3 is 15.2 Å². The summed E-state index contributed by atoms with van der Waals surface area (Å²) in [5, 5.41) is 3.61. The van der Waals surface area contributed by atoms with E-state index >= 15 is 0 Å². The van der Waals surface area contributed by atoms with Crippen molar-refractivity contribution in [2.45, 2.75) is 32.0 Å². The van der Waals surface area contributed by atoms with Gasteiger partial charge in [-0.25, -0.2) is 8.78 Å². The van der Waals surface area contributed by atoms with Crippen LogP contribution in [0, 0.1) is 11.6 Å². The topological polar surface area (TPSA) is 65.2 Å². The van der Waals surface area contributed by atoms with Gasteiger partial charge in [-0.15, -0.1) is 0 Å². The van der Waals surface area contributed by atoms with Gasteiger partial charge in [0.2, 0.25) is 5.91 Å². The van der Waals surface area contributed by atoms with Crippen LogP contribution in [0.1, 0.15) is 29.7 Å². The molecule has 1 aromatic heterocycles. The van der Waals surface area contributed by atoms with Gasteiger partial charge in [-0.1, -0.05) is 24.3 Å². The lowest BCUT2D eigenvalue weighted by molar-refractivity contribution is -0.134. The van der Waals surface area contributed by atoms with Crippen LogP contribution in [-0.4, -0.2) is 28.9 Å². The third kappa shape index (κ3) is 3.42. The van der Waals surface area contributed by atoms with Gasteiger partial charge >= 0.3 is 0 Å². The van der Waals surface area contributed by atoms with Crippen LogP contribution >= 0.6 is 0 Å². The predicted molar refractivity (Wildman–Crippen MR) is 106 cm³/mol. The van der Waals surface area contributed by atoms with Crippen molar-refractivity contribution in [2.24, 2.45) is 0 Å². The molecule has 5 nitrogen and oxygen atoms in total. The minimum Gasteiger partial charge on any atom is -0.338 e. The molecule has 0 fully saturated rings. The number of amides is 1. The normalized spacial score (nSPS) is 17.0. The third-order valence-electron chi connectivity index (χ3n) is 5.73. The molecule has 1 aliphatic rings. The van der Waals surface area contributed by atoms with Gasteiger partial charge in [0.05, 0.1) is 17.5 Å². The zero-order valence-corrected chi connectivity index (χ0v) is 16.1. The van der Waals surface area contributed by atoms with Gasteiger partial charge in [0.1, 0.15) is 0 Å². The van der Waals surface area contributed by atoms with Crippen LogP contribution in [0.25, 0.3) is 10.8 Å². The molecule has 3 aromatic rings. The Morgan fingerprint density at radius 1 is 1.14 bits per heavy atom. The highest BCUT2D eigenvalue weighted by Gasteiger charge is 2.29. The summed E-state index contributed by atoms with van der Waals surface area (Å²) in [5.74, 6) is -2.22. The van der Waals surface area contributed by atoms with Crippen LogP contribution in [0.2, 0.25) is 0 Å². The number of H-pyrrole nitrogens is 1. The maximum Gasteiger partial charge on any atom is 0.255 e. The summed E-state index contributed by atoms with van der Waals surface area (Å²) >= 11 is 0. The van der Waals surface area contributed by atoms with Crippen LogP contribution in [0.4, 0.5) is 8.78 Å². The predicted octanol–water partition coefficient (Wildman–Crippen LogP) is 3.04. The first-order valence-electron chi connectivity index (χ1n) is 9.44. The molecule has 0 spiro atoms. The molecule has 29 heavy (non-hydrogen) atoms. The van der Waals surface area contributed by atoms with E-state index in [4.69, 9.17) is 0 Å². The summed E-state index contributed by atoms with van der Waals surface area (Å²) in [7, 11) is 1.67. The first kappa shape index (κ1) is 19.3. The first-order valence-corrected chi connectivity index (χ1v) is 9.44. The fraction of sp³-hybridized carbons (Fsp3) is 0.273. The lowest BCUT2D eigenvalue weighted by Crippen LogP contribution is -2.48. The lowest BCUT2D eigenvalue weighted by Gasteiger charge is -2.32. The Hall–Kier alpha value is -3.06. The first-order chi connectivity index (χ1) is 13.9. The average Bonchev–Trinajstić information content (AvgIpc) is 2.73. The number of aromatic amines is 1. The van der Waals surface area contributed by atoms with Crippen molar-refractivity contribution in [3.05, 3.63) is 81.3 Å². The van der Waals surface area contributed by atoms with Gasteiger partial charge in [0.15, 0.2) is 11.6 Å². The van der Waals surface area contributed by atoms with Crippen molar-refractivity contribution in [1.29, 1.82) is 0 Å². The minimum absolute atomic E-state index is 0.0545. The number of carbonyl (C=O) groups is 1. The van der Waals surface area contributed by atoms with E-state index in [9.17, 15) is 18.4 Å². The second kappa shape index (κ2) is 7.40. The molecular weight excluding hydrogens is 376 g/mol. The number of pyridine rings is 1. The van der Waals surface area contributed by atoms with E-state index in [0.29, 0.717) is 23.9 Å². The number of benzene rings is 2. The average molecular weight is 397 g/mol. The minimum atomic E-state index is -1.08. The number of nitrogens with zero attached hydrogens (tertiary/aromatic N) is 1. The standard InChI is InChI=1S/C22H21F2N3O2/c1-12(17-11-26-21(28)16-9-19(24)18(23)8-15(16)17)27(2)22(29)20-7-13-5-3-4-6-14(13)10-25-20/h3-6,8-9,11-12,20,25H,7,10H2,1-2H3,(H,26,28)/t12?,20-/m1/s1. The smallest absolute Gasteiger partial charge is 0.255 e. The number of fused-ring (bicyclic) bond motifs is 2. The molecule has 0 aliphatic carbocycles. The maximum atomic E-state index is 13.8. The van der Waals surface area contributed by atoms with Gasteiger partial charge in [-0.05, 0) is 47.6 Å². The zero-order valence-electron chi connectivity index (χ0n) is 16.1. The Labute approximate surface area is 166 Å². The highest BCUT2D eigenvalue weighted by molar-refractivity contribution is 5.87. The summed E-state index contributed by atoms with van der Waals surface area (Å²) in [6.07, 6.45) is 2.04. The molecule has 2 N–H and O–H groups in total. The Bertz CT molecular complexity index is 1160. The number of likely N-dealkylation sites (N-methyl/N-ethyl adjacent to an activating group) is 1. The Kier molecular flexibility index (Phi) is 4.92. The summed E-state index contributed by atoms with van der Waals surface area (Å²) in [4.78, 5) is 29.3. The number of halogens is 2. The second-order valence-corrected chi connectivity index (χ2v) is 7.42. The van der Waals surface area contributed by atoms with E-state index < -0.39 is 23.2 Å². The van der Waals surface area contributed by atoms with E-state index in [1.165, 1.54) is 11.8 Å². The van der Waals surface area contributed by atoms with E-state index in [-0.39, 0.29) is 17.3 Å². The molecule has 4 rings (SSSR count). The molecule has 0 radical (unpaired) electrons. The van der Waals surface area contributed by atoms with Crippen molar-refractivity contribution in [1.82, 2.24) is 15.2 Å². The summed E-state index contributed by atoms with van der Waals surface area (Å²) in [6, 6.07) is 9.06.